The minimum Gasteiger partial charge on any atom is -0.469 e. The zero-order chi connectivity index (χ0) is 19.4. The Morgan fingerprint density at radius 3 is 2.67 bits per heavy atom. The number of pyridine rings is 1. The fraction of sp³-hybridized carbons (Fsp3) is 0.579. The number of piperidine rings is 1. The number of rotatable bonds is 6. The molecule has 8 heteroatoms. The number of nitrogens with zero attached hydrogens (tertiary/aromatic N) is 2. The van der Waals surface area contributed by atoms with E-state index < -0.39 is 18.0 Å². The molecule has 3 heterocycles. The maximum absolute atomic E-state index is 12.8. The molecule has 0 radical (unpaired) electrons. The molecule has 0 aromatic carbocycles. The number of ether oxygens (including phenoxy) is 2. The second-order valence-corrected chi connectivity index (χ2v) is 6.84. The van der Waals surface area contributed by atoms with Crippen LogP contribution in [0.1, 0.15) is 53.3 Å². The Morgan fingerprint density at radius 1 is 1.26 bits per heavy atom. The van der Waals surface area contributed by atoms with Crippen LogP contribution < -0.4 is 5.32 Å². The lowest BCUT2D eigenvalue weighted by molar-refractivity contribution is -0.147. The smallest absolute Gasteiger partial charge is 0.328 e. The van der Waals surface area contributed by atoms with Crippen molar-refractivity contribution in [3.8, 4) is 0 Å². The normalized spacial score (nSPS) is 18.1. The van der Waals surface area contributed by atoms with E-state index in [1.54, 1.807) is 6.07 Å². The fourth-order valence-corrected chi connectivity index (χ4v) is 3.71. The number of hydrogen-bond acceptors (Lipinski definition) is 7. The van der Waals surface area contributed by atoms with Gasteiger partial charge in [-0.05, 0) is 44.5 Å². The highest BCUT2D eigenvalue weighted by molar-refractivity contribution is 6.00. The van der Waals surface area contributed by atoms with Crippen LogP contribution in [0.2, 0.25) is 0 Å². The number of carbonyl (C=O) groups is 3. The summed E-state index contributed by atoms with van der Waals surface area (Å²) < 4.78 is 9.48. The number of nitrogens with one attached hydrogen (secondary N) is 1. The first-order chi connectivity index (χ1) is 13.0. The summed E-state index contributed by atoms with van der Waals surface area (Å²) in [6.45, 7) is 2.17. The van der Waals surface area contributed by atoms with Crippen LogP contribution in [0.3, 0.4) is 0 Å². The van der Waals surface area contributed by atoms with Gasteiger partial charge in [-0.2, -0.15) is 0 Å². The van der Waals surface area contributed by atoms with Crippen LogP contribution in [0, 0.1) is 0 Å². The molecule has 1 amide bonds. The zero-order valence-corrected chi connectivity index (χ0v) is 15.7. The Morgan fingerprint density at radius 2 is 2.00 bits per heavy atom. The largest absolute Gasteiger partial charge is 0.469 e. The topological polar surface area (TPSA) is 97.8 Å². The molecule has 1 saturated heterocycles. The van der Waals surface area contributed by atoms with E-state index in [0.29, 0.717) is 17.2 Å². The average molecular weight is 375 g/mol. The Labute approximate surface area is 158 Å². The number of fused-ring (bicyclic) bond motifs is 1. The molecule has 1 N–H and O–H groups in total. The van der Waals surface area contributed by atoms with Crippen molar-refractivity contribution in [1.29, 1.82) is 0 Å². The Kier molecular flexibility index (Phi) is 6.05. The van der Waals surface area contributed by atoms with Crippen LogP contribution in [-0.2, 0) is 25.6 Å². The van der Waals surface area contributed by atoms with Crippen LogP contribution in [0.15, 0.2) is 12.1 Å². The van der Waals surface area contributed by atoms with Crippen molar-refractivity contribution < 1.29 is 23.9 Å². The van der Waals surface area contributed by atoms with E-state index >= 15 is 0 Å². The Hall–Kier alpha value is -2.48. The van der Waals surface area contributed by atoms with Crippen molar-refractivity contribution in [3.63, 3.8) is 0 Å². The molecule has 0 saturated carbocycles. The molecule has 1 unspecified atom stereocenters. The van der Waals surface area contributed by atoms with Crippen LogP contribution in [0.25, 0.3) is 0 Å². The lowest BCUT2D eigenvalue weighted by Gasteiger charge is -2.25. The predicted octanol–water partition coefficient (Wildman–Crippen LogP) is 0.999. The third kappa shape index (κ3) is 4.10. The van der Waals surface area contributed by atoms with Crippen LogP contribution in [0.5, 0.6) is 0 Å². The molecule has 2 aliphatic heterocycles. The predicted molar refractivity (Wildman–Crippen MR) is 96.0 cm³/mol. The summed E-state index contributed by atoms with van der Waals surface area (Å²) in [5.74, 6) is -0.843. The van der Waals surface area contributed by atoms with Crippen molar-refractivity contribution in [1.82, 2.24) is 15.2 Å². The molecular formula is C19H25N3O5. The summed E-state index contributed by atoms with van der Waals surface area (Å²) in [6.07, 6.45) is 2.23. The van der Waals surface area contributed by atoms with Gasteiger partial charge in [0, 0.05) is 18.0 Å². The summed E-state index contributed by atoms with van der Waals surface area (Å²) >= 11 is 0. The van der Waals surface area contributed by atoms with E-state index in [2.05, 4.69) is 10.1 Å². The molecule has 146 valence electrons. The third-order valence-corrected chi connectivity index (χ3v) is 5.26. The van der Waals surface area contributed by atoms with Crippen molar-refractivity contribution in [2.24, 2.45) is 0 Å². The van der Waals surface area contributed by atoms with E-state index in [0.717, 1.165) is 31.6 Å². The Balaban J connectivity index is 1.78. The van der Waals surface area contributed by atoms with Gasteiger partial charge < -0.3 is 19.7 Å². The fourth-order valence-electron chi connectivity index (χ4n) is 3.71. The van der Waals surface area contributed by atoms with Crippen molar-refractivity contribution >= 4 is 17.8 Å². The molecule has 0 spiro atoms. The number of aromatic nitrogens is 1. The summed E-state index contributed by atoms with van der Waals surface area (Å²) in [5.41, 5.74) is 2.19. The van der Waals surface area contributed by atoms with Crippen molar-refractivity contribution in [2.75, 3.05) is 27.3 Å². The highest BCUT2D eigenvalue weighted by Gasteiger charge is 2.38. The quantitative estimate of drug-likeness (QED) is 0.741. The maximum Gasteiger partial charge on any atom is 0.328 e. The lowest BCUT2D eigenvalue weighted by atomic mass is 9.93. The van der Waals surface area contributed by atoms with Gasteiger partial charge in [0.1, 0.15) is 6.04 Å². The van der Waals surface area contributed by atoms with Gasteiger partial charge in [0.2, 0.25) is 0 Å². The number of amides is 1. The number of carbonyl (C=O) groups excluding carboxylic acids is 3. The monoisotopic (exact) mass is 375 g/mol. The molecule has 3 rings (SSSR count). The highest BCUT2D eigenvalue weighted by Crippen LogP contribution is 2.29. The zero-order valence-electron chi connectivity index (χ0n) is 15.7. The van der Waals surface area contributed by atoms with E-state index in [1.165, 1.54) is 19.1 Å². The number of esters is 2. The highest BCUT2D eigenvalue weighted by atomic mass is 16.5. The van der Waals surface area contributed by atoms with Gasteiger partial charge in [0.15, 0.2) is 0 Å². The van der Waals surface area contributed by atoms with E-state index in [-0.39, 0.29) is 25.3 Å². The number of methoxy groups -OCH3 is 2. The van der Waals surface area contributed by atoms with Gasteiger partial charge in [-0.1, -0.05) is 0 Å². The van der Waals surface area contributed by atoms with E-state index in [9.17, 15) is 14.4 Å². The first kappa shape index (κ1) is 19.3. The molecule has 8 nitrogen and oxygen atoms in total. The molecule has 1 fully saturated rings. The molecular weight excluding hydrogens is 350 g/mol. The first-order valence-electron chi connectivity index (χ1n) is 9.21. The second kappa shape index (κ2) is 8.47. The van der Waals surface area contributed by atoms with E-state index in [1.807, 2.05) is 6.07 Å². The molecule has 1 atom stereocenters. The number of hydrogen-bond donors (Lipinski definition) is 1. The van der Waals surface area contributed by atoms with Gasteiger partial charge in [-0.25, -0.2) is 4.79 Å². The van der Waals surface area contributed by atoms with Crippen molar-refractivity contribution in [2.45, 2.75) is 44.2 Å². The molecule has 27 heavy (non-hydrogen) atoms. The average Bonchev–Trinajstić information content (AvgIpc) is 3.04. The van der Waals surface area contributed by atoms with Gasteiger partial charge in [0.25, 0.3) is 5.91 Å². The SMILES string of the molecule is COC(=O)CCC(C(=O)OC)N1Cc2nc(C3CCNCC3)ccc2C1=O. The molecule has 0 aliphatic carbocycles. The molecule has 1 aromatic rings. The van der Waals surface area contributed by atoms with Gasteiger partial charge in [-0.3, -0.25) is 14.6 Å². The first-order valence-corrected chi connectivity index (χ1v) is 9.21. The molecule has 2 aliphatic rings. The summed E-state index contributed by atoms with van der Waals surface area (Å²) in [7, 11) is 2.56. The summed E-state index contributed by atoms with van der Waals surface area (Å²) in [4.78, 5) is 42.7. The van der Waals surface area contributed by atoms with Gasteiger partial charge >= 0.3 is 11.9 Å². The van der Waals surface area contributed by atoms with Crippen LogP contribution >= 0.6 is 0 Å². The molecule has 0 bridgehead atoms. The summed E-state index contributed by atoms with van der Waals surface area (Å²) in [5, 5.41) is 3.33. The van der Waals surface area contributed by atoms with E-state index in [4.69, 9.17) is 9.72 Å². The van der Waals surface area contributed by atoms with Gasteiger partial charge in [0.05, 0.1) is 32.0 Å². The minimum atomic E-state index is -0.835. The second-order valence-electron chi connectivity index (χ2n) is 6.84. The standard InChI is InChI=1S/C19H25N3O5/c1-26-17(23)6-5-16(19(25)27-2)22-11-15-13(18(22)24)3-4-14(21-15)12-7-9-20-10-8-12/h3-4,12,16,20H,5-11H2,1-2H3. The Bertz CT molecular complexity index is 730. The molecule has 1 aromatic heterocycles. The van der Waals surface area contributed by atoms with Crippen LogP contribution in [-0.4, -0.2) is 61.1 Å². The van der Waals surface area contributed by atoms with Crippen LogP contribution in [0.4, 0.5) is 0 Å². The third-order valence-electron chi connectivity index (χ3n) is 5.26. The lowest BCUT2D eigenvalue weighted by Crippen LogP contribution is -2.42. The minimum absolute atomic E-state index is 0.0319. The summed E-state index contributed by atoms with van der Waals surface area (Å²) in [6, 6.07) is 2.88. The maximum atomic E-state index is 12.8. The van der Waals surface area contributed by atoms with Gasteiger partial charge in [-0.15, -0.1) is 0 Å². The van der Waals surface area contributed by atoms with Crippen molar-refractivity contribution in [3.05, 3.63) is 29.1 Å².